The Balaban J connectivity index is 2.30. The van der Waals surface area contributed by atoms with Gasteiger partial charge in [-0.2, -0.15) is 5.10 Å². The smallest absolute Gasteiger partial charge is 0.246 e. The Hall–Kier alpha value is -1.38. The van der Waals surface area contributed by atoms with E-state index in [4.69, 9.17) is 5.73 Å². The number of aromatic nitrogens is 2. The van der Waals surface area contributed by atoms with Crippen LogP contribution in [0.1, 0.15) is 24.8 Å². The lowest BCUT2D eigenvalue weighted by atomic mass is 10.0. The second-order valence-corrected chi connectivity index (χ2v) is 7.17. The molecular formula is C11H16N4O2S2. The second kappa shape index (κ2) is 5.32. The number of aromatic amines is 1. The molecule has 8 heteroatoms. The largest absolute Gasteiger partial charge is 0.383 e. The molecule has 2 rings (SSSR count). The minimum absolute atomic E-state index is 0.0188. The molecule has 104 valence electrons. The van der Waals surface area contributed by atoms with Gasteiger partial charge in [-0.15, -0.1) is 11.3 Å². The van der Waals surface area contributed by atoms with Crippen LogP contribution < -0.4 is 10.5 Å². The number of thiophene rings is 1. The summed E-state index contributed by atoms with van der Waals surface area (Å²) in [4.78, 5) is 0.954. The van der Waals surface area contributed by atoms with E-state index in [9.17, 15) is 8.42 Å². The van der Waals surface area contributed by atoms with Gasteiger partial charge >= 0.3 is 0 Å². The molecule has 1 atom stereocenters. The summed E-state index contributed by atoms with van der Waals surface area (Å²) in [5.41, 5.74) is 5.56. The molecule has 0 fully saturated rings. The number of anilines is 1. The summed E-state index contributed by atoms with van der Waals surface area (Å²) in [5.74, 6) is 0.169. The number of sulfonamides is 1. The van der Waals surface area contributed by atoms with Gasteiger partial charge in [-0.05, 0) is 17.4 Å². The number of H-pyrrole nitrogens is 1. The molecule has 0 amide bonds. The van der Waals surface area contributed by atoms with Crippen LogP contribution in [0.15, 0.2) is 28.6 Å². The zero-order valence-electron chi connectivity index (χ0n) is 10.6. The quantitative estimate of drug-likeness (QED) is 0.782. The van der Waals surface area contributed by atoms with Crippen LogP contribution in [0.2, 0.25) is 0 Å². The molecule has 1 unspecified atom stereocenters. The molecule has 4 N–H and O–H groups in total. The Kier molecular flexibility index (Phi) is 3.93. The molecule has 2 aromatic heterocycles. The van der Waals surface area contributed by atoms with Crippen molar-refractivity contribution in [3.8, 4) is 0 Å². The number of nitrogen functional groups attached to an aromatic ring is 1. The lowest BCUT2D eigenvalue weighted by Gasteiger charge is -2.20. The molecule has 0 bridgehead atoms. The SMILES string of the molecule is CC(C)C(NS(=O)(=O)c1cn[nH]c1N)c1cccs1. The van der Waals surface area contributed by atoms with Gasteiger partial charge < -0.3 is 5.73 Å². The summed E-state index contributed by atoms with van der Waals surface area (Å²) in [5, 5.41) is 7.98. The van der Waals surface area contributed by atoms with Crippen LogP contribution in [0.5, 0.6) is 0 Å². The molecule has 0 spiro atoms. The van der Waals surface area contributed by atoms with Gasteiger partial charge in [-0.3, -0.25) is 5.10 Å². The summed E-state index contributed by atoms with van der Waals surface area (Å²) < 4.78 is 27.2. The molecule has 2 heterocycles. The predicted molar refractivity (Wildman–Crippen MR) is 75.2 cm³/mol. The van der Waals surface area contributed by atoms with E-state index in [2.05, 4.69) is 14.9 Å². The molecule has 0 aromatic carbocycles. The third-order valence-electron chi connectivity index (χ3n) is 2.72. The summed E-state index contributed by atoms with van der Waals surface area (Å²) in [6.45, 7) is 3.93. The molecule has 0 radical (unpaired) electrons. The van der Waals surface area contributed by atoms with Gasteiger partial charge in [-0.1, -0.05) is 19.9 Å². The highest BCUT2D eigenvalue weighted by molar-refractivity contribution is 7.89. The standard InChI is InChI=1S/C11H16N4O2S2/c1-7(2)10(8-4-3-5-18-8)15-19(16,17)9-6-13-14-11(9)12/h3-7,10,15H,1-2H3,(H3,12,13,14). The Bertz CT molecular complexity index is 631. The van der Waals surface area contributed by atoms with Crippen molar-refractivity contribution in [3.63, 3.8) is 0 Å². The van der Waals surface area contributed by atoms with E-state index in [0.29, 0.717) is 0 Å². The maximum absolute atomic E-state index is 12.3. The summed E-state index contributed by atoms with van der Waals surface area (Å²) in [6.07, 6.45) is 1.21. The zero-order chi connectivity index (χ0) is 14.0. The summed E-state index contributed by atoms with van der Waals surface area (Å²) >= 11 is 1.52. The average Bonchev–Trinajstić information content (AvgIpc) is 2.96. The monoisotopic (exact) mass is 300 g/mol. The normalized spacial score (nSPS) is 13.8. The van der Waals surface area contributed by atoms with Crippen molar-refractivity contribution in [2.45, 2.75) is 24.8 Å². The highest BCUT2D eigenvalue weighted by Gasteiger charge is 2.26. The van der Waals surface area contributed by atoms with Crippen LogP contribution in [0.25, 0.3) is 0 Å². The number of nitrogens with zero attached hydrogens (tertiary/aromatic N) is 1. The topological polar surface area (TPSA) is 101 Å². The lowest BCUT2D eigenvalue weighted by molar-refractivity contribution is 0.469. The van der Waals surface area contributed by atoms with Gasteiger partial charge in [0, 0.05) is 4.88 Å². The van der Waals surface area contributed by atoms with Crippen LogP contribution in [0.4, 0.5) is 5.82 Å². The van der Waals surface area contributed by atoms with E-state index in [0.717, 1.165) is 4.88 Å². The van der Waals surface area contributed by atoms with Crippen molar-refractivity contribution in [3.05, 3.63) is 28.6 Å². The first-order valence-corrected chi connectivity index (χ1v) is 8.12. The van der Waals surface area contributed by atoms with Crippen molar-refractivity contribution in [1.82, 2.24) is 14.9 Å². The predicted octanol–water partition coefficient (Wildman–Crippen LogP) is 1.73. The molecular weight excluding hydrogens is 284 g/mol. The third kappa shape index (κ3) is 2.96. The van der Waals surface area contributed by atoms with Gasteiger partial charge in [0.25, 0.3) is 0 Å². The maximum atomic E-state index is 12.3. The summed E-state index contributed by atoms with van der Waals surface area (Å²) in [6, 6.07) is 3.53. The number of nitrogens with two attached hydrogens (primary N) is 1. The van der Waals surface area contributed by atoms with Crippen molar-refractivity contribution in [1.29, 1.82) is 0 Å². The van der Waals surface area contributed by atoms with Gasteiger partial charge in [0.2, 0.25) is 10.0 Å². The van der Waals surface area contributed by atoms with Crippen molar-refractivity contribution < 1.29 is 8.42 Å². The molecule has 6 nitrogen and oxygen atoms in total. The average molecular weight is 300 g/mol. The molecule has 19 heavy (non-hydrogen) atoms. The Morgan fingerprint density at radius 1 is 1.47 bits per heavy atom. The lowest BCUT2D eigenvalue weighted by Crippen LogP contribution is -2.31. The van der Waals surface area contributed by atoms with E-state index in [1.807, 2.05) is 31.4 Å². The van der Waals surface area contributed by atoms with Gasteiger partial charge in [0.15, 0.2) is 0 Å². The van der Waals surface area contributed by atoms with E-state index in [1.165, 1.54) is 17.5 Å². The highest BCUT2D eigenvalue weighted by atomic mass is 32.2. The maximum Gasteiger partial charge on any atom is 0.246 e. The van der Waals surface area contributed by atoms with E-state index in [1.54, 1.807) is 0 Å². The van der Waals surface area contributed by atoms with Gasteiger partial charge in [-0.25, -0.2) is 13.1 Å². The van der Waals surface area contributed by atoms with Crippen molar-refractivity contribution in [2.75, 3.05) is 5.73 Å². The Morgan fingerprint density at radius 2 is 2.21 bits per heavy atom. The van der Waals surface area contributed by atoms with E-state index < -0.39 is 10.0 Å². The van der Waals surface area contributed by atoms with Gasteiger partial charge in [0.05, 0.1) is 12.2 Å². The molecule has 0 saturated carbocycles. The van der Waals surface area contributed by atoms with Crippen LogP contribution in [-0.2, 0) is 10.0 Å². The highest BCUT2D eigenvalue weighted by Crippen LogP contribution is 2.28. The third-order valence-corrected chi connectivity index (χ3v) is 5.14. The Morgan fingerprint density at radius 3 is 2.68 bits per heavy atom. The zero-order valence-corrected chi connectivity index (χ0v) is 12.3. The molecule has 0 aliphatic rings. The van der Waals surface area contributed by atoms with E-state index in [-0.39, 0.29) is 22.7 Å². The molecule has 0 saturated heterocycles. The minimum atomic E-state index is -3.68. The molecule has 0 aliphatic heterocycles. The first-order chi connectivity index (χ1) is 8.92. The van der Waals surface area contributed by atoms with Crippen LogP contribution in [0.3, 0.4) is 0 Å². The van der Waals surface area contributed by atoms with E-state index >= 15 is 0 Å². The fourth-order valence-electron chi connectivity index (χ4n) is 1.72. The minimum Gasteiger partial charge on any atom is -0.383 e. The van der Waals surface area contributed by atoms with Crippen LogP contribution in [-0.4, -0.2) is 18.6 Å². The number of hydrogen-bond acceptors (Lipinski definition) is 5. The van der Waals surface area contributed by atoms with Crippen LogP contribution >= 0.6 is 11.3 Å². The number of rotatable bonds is 5. The van der Waals surface area contributed by atoms with Crippen LogP contribution in [0, 0.1) is 5.92 Å². The van der Waals surface area contributed by atoms with Crippen molar-refractivity contribution >= 4 is 27.2 Å². The summed E-state index contributed by atoms with van der Waals surface area (Å²) in [7, 11) is -3.68. The first-order valence-electron chi connectivity index (χ1n) is 5.76. The fourth-order valence-corrected chi connectivity index (χ4v) is 4.13. The van der Waals surface area contributed by atoms with Gasteiger partial charge in [0.1, 0.15) is 10.7 Å². The second-order valence-electron chi connectivity index (χ2n) is 4.51. The molecule has 2 aromatic rings. The fraction of sp³-hybridized carbons (Fsp3) is 0.364. The number of nitrogens with one attached hydrogen (secondary N) is 2. The first kappa shape index (κ1) is 14.0. The Labute approximate surface area is 116 Å². The van der Waals surface area contributed by atoms with Crippen molar-refractivity contribution in [2.24, 2.45) is 5.92 Å². The molecule has 0 aliphatic carbocycles. The number of hydrogen-bond donors (Lipinski definition) is 3.